The molecule has 0 nitrogen and oxygen atoms in total. The molecule has 0 aliphatic heterocycles. The molecule has 0 saturated carbocycles. The molecular weight excluding hydrogens is 330 g/mol. The summed E-state index contributed by atoms with van der Waals surface area (Å²) in [5.41, 5.74) is 1.52. The lowest BCUT2D eigenvalue weighted by molar-refractivity contribution is 0.823. The predicted octanol–water partition coefficient (Wildman–Crippen LogP) is 7.39. The minimum absolute atomic E-state index is 0.198. The van der Waals surface area contributed by atoms with E-state index in [1.807, 2.05) is 0 Å². The van der Waals surface area contributed by atoms with Crippen LogP contribution in [-0.2, 0) is 6.16 Å². The first-order valence-corrected chi connectivity index (χ1v) is 12.2. The minimum atomic E-state index is -0.925. The topological polar surface area (TPSA) is 0 Å². The molecule has 0 unspecified atom stereocenters. The van der Waals surface area contributed by atoms with Crippen LogP contribution in [0.25, 0.3) is 0 Å². The fourth-order valence-electron chi connectivity index (χ4n) is 3.11. The molecule has 0 aromatic heterocycles. The molecule has 3 heteroatoms. The first kappa shape index (κ1) is 20.3. The van der Waals surface area contributed by atoms with Gasteiger partial charge in [0.15, 0.2) is 0 Å². The van der Waals surface area contributed by atoms with Crippen LogP contribution in [-0.4, -0.2) is 23.3 Å². The highest BCUT2D eigenvalue weighted by molar-refractivity contribution is 7.75. The van der Waals surface area contributed by atoms with Crippen LogP contribution in [0.3, 0.4) is 0 Å². The molecule has 1 rings (SSSR count). The van der Waals surface area contributed by atoms with Crippen LogP contribution in [0.1, 0.15) is 57.9 Å². The SMILES string of the molecule is CCCC[P+](CCCC)(CCCC(Cl)Cl)Cc1ccccc1. The molecule has 0 amide bonds. The number of benzene rings is 1. The van der Waals surface area contributed by atoms with Gasteiger partial charge in [0.05, 0.1) is 24.6 Å². The first-order chi connectivity index (χ1) is 10.6. The Kier molecular flexibility index (Phi) is 10.8. The standard InChI is InChI=1S/C19H32Cl2P/c1-3-5-14-22(15-6-4-2,16-10-13-19(20)21)17-18-11-8-7-9-12-18/h7-9,11-12,19H,3-6,10,13-17H2,1-2H3/q+1. The third kappa shape index (κ3) is 8.19. The zero-order chi connectivity index (χ0) is 16.3. The van der Waals surface area contributed by atoms with Crippen LogP contribution in [0.4, 0.5) is 0 Å². The molecule has 0 fully saturated rings. The van der Waals surface area contributed by atoms with Crippen molar-refractivity contribution in [1.29, 1.82) is 0 Å². The van der Waals surface area contributed by atoms with E-state index in [0.717, 1.165) is 6.42 Å². The Morgan fingerprint density at radius 2 is 1.41 bits per heavy atom. The summed E-state index contributed by atoms with van der Waals surface area (Å²) in [5, 5.41) is 0. The number of rotatable bonds is 12. The predicted molar refractivity (Wildman–Crippen MR) is 106 cm³/mol. The Morgan fingerprint density at radius 3 is 1.91 bits per heavy atom. The second-order valence-corrected chi connectivity index (χ2v) is 12.0. The molecule has 1 aromatic carbocycles. The summed E-state index contributed by atoms with van der Waals surface area (Å²) >= 11 is 11.9. The normalized spacial score (nSPS) is 12.0. The van der Waals surface area contributed by atoms with E-state index >= 15 is 0 Å². The van der Waals surface area contributed by atoms with Crippen LogP contribution in [0.15, 0.2) is 30.3 Å². The number of alkyl halides is 2. The maximum Gasteiger partial charge on any atom is 0.108 e. The Morgan fingerprint density at radius 1 is 0.864 bits per heavy atom. The van der Waals surface area contributed by atoms with Crippen molar-refractivity contribution >= 4 is 30.5 Å². The smallest absolute Gasteiger partial charge is 0.105 e. The van der Waals surface area contributed by atoms with Crippen LogP contribution < -0.4 is 0 Å². The van der Waals surface area contributed by atoms with Crippen molar-refractivity contribution in [3.8, 4) is 0 Å². The molecule has 0 saturated heterocycles. The summed E-state index contributed by atoms with van der Waals surface area (Å²) in [6.45, 7) is 4.62. The summed E-state index contributed by atoms with van der Waals surface area (Å²) < 4.78 is 0. The molecule has 0 atom stereocenters. The Balaban J connectivity index is 2.80. The van der Waals surface area contributed by atoms with E-state index in [4.69, 9.17) is 23.2 Å². The molecular formula is C19H32Cl2P+. The van der Waals surface area contributed by atoms with Crippen molar-refractivity contribution < 1.29 is 0 Å². The van der Waals surface area contributed by atoms with Gasteiger partial charge in [-0.2, -0.15) is 0 Å². The zero-order valence-corrected chi connectivity index (χ0v) is 16.6. The van der Waals surface area contributed by atoms with E-state index in [-0.39, 0.29) is 4.84 Å². The van der Waals surface area contributed by atoms with Gasteiger partial charge in [-0.25, -0.2) is 0 Å². The zero-order valence-electron chi connectivity index (χ0n) is 14.2. The van der Waals surface area contributed by atoms with E-state index in [0.29, 0.717) is 0 Å². The van der Waals surface area contributed by atoms with Gasteiger partial charge in [-0.3, -0.25) is 0 Å². The number of hydrogen-bond acceptors (Lipinski definition) is 0. The van der Waals surface area contributed by atoms with Gasteiger partial charge < -0.3 is 0 Å². The third-order valence-electron chi connectivity index (χ3n) is 4.39. The van der Waals surface area contributed by atoms with Gasteiger partial charge in [0.2, 0.25) is 0 Å². The summed E-state index contributed by atoms with van der Waals surface area (Å²) in [6.07, 6.45) is 13.0. The van der Waals surface area contributed by atoms with Crippen molar-refractivity contribution in [2.75, 3.05) is 18.5 Å². The van der Waals surface area contributed by atoms with Crippen molar-refractivity contribution in [3.05, 3.63) is 35.9 Å². The molecule has 22 heavy (non-hydrogen) atoms. The Labute approximate surface area is 148 Å². The lowest BCUT2D eigenvalue weighted by Gasteiger charge is -2.28. The van der Waals surface area contributed by atoms with Gasteiger partial charge in [0.25, 0.3) is 0 Å². The highest BCUT2D eigenvalue weighted by Crippen LogP contribution is 2.63. The van der Waals surface area contributed by atoms with Crippen molar-refractivity contribution in [1.82, 2.24) is 0 Å². The maximum atomic E-state index is 5.95. The van der Waals surface area contributed by atoms with Gasteiger partial charge >= 0.3 is 0 Å². The van der Waals surface area contributed by atoms with E-state index in [2.05, 4.69) is 44.2 Å². The summed E-state index contributed by atoms with van der Waals surface area (Å²) in [5.74, 6) is 0. The maximum absolute atomic E-state index is 5.95. The van der Waals surface area contributed by atoms with Crippen molar-refractivity contribution in [3.63, 3.8) is 0 Å². The summed E-state index contributed by atoms with van der Waals surface area (Å²) in [4.78, 5) is -0.198. The van der Waals surface area contributed by atoms with Crippen LogP contribution in [0.2, 0.25) is 0 Å². The molecule has 0 aliphatic rings. The highest BCUT2D eigenvalue weighted by Gasteiger charge is 2.35. The Hall–Kier alpha value is 0.230. The average molecular weight is 362 g/mol. The lowest BCUT2D eigenvalue weighted by atomic mass is 10.2. The molecule has 0 spiro atoms. The summed E-state index contributed by atoms with van der Waals surface area (Å²) in [6, 6.07) is 11.1. The molecule has 0 bridgehead atoms. The van der Waals surface area contributed by atoms with E-state index in [9.17, 15) is 0 Å². The number of halogens is 2. The fraction of sp³-hybridized carbons (Fsp3) is 0.684. The molecule has 126 valence electrons. The van der Waals surface area contributed by atoms with Crippen molar-refractivity contribution in [2.45, 2.75) is 63.4 Å². The largest absolute Gasteiger partial charge is 0.108 e. The van der Waals surface area contributed by atoms with Crippen molar-refractivity contribution in [2.24, 2.45) is 0 Å². The number of hydrogen-bond donors (Lipinski definition) is 0. The van der Waals surface area contributed by atoms with Gasteiger partial charge in [-0.1, -0.05) is 57.0 Å². The third-order valence-corrected chi connectivity index (χ3v) is 9.65. The second kappa shape index (κ2) is 11.7. The minimum Gasteiger partial charge on any atom is -0.105 e. The van der Waals surface area contributed by atoms with Gasteiger partial charge in [-0.05, 0) is 31.2 Å². The quantitative estimate of drug-likeness (QED) is 0.269. The van der Waals surface area contributed by atoms with E-state index in [1.165, 1.54) is 62.3 Å². The van der Waals surface area contributed by atoms with Gasteiger partial charge in [0, 0.05) is 7.26 Å². The number of unbranched alkanes of at least 4 members (excludes halogenated alkanes) is 2. The van der Waals surface area contributed by atoms with Crippen LogP contribution in [0, 0.1) is 0 Å². The fourth-order valence-corrected chi connectivity index (χ4v) is 8.38. The Bertz CT molecular complexity index is 370. The molecule has 0 N–H and O–H groups in total. The monoisotopic (exact) mass is 361 g/mol. The highest BCUT2D eigenvalue weighted by atomic mass is 35.5. The lowest BCUT2D eigenvalue weighted by Crippen LogP contribution is -2.12. The van der Waals surface area contributed by atoms with E-state index < -0.39 is 7.26 Å². The average Bonchev–Trinajstić information content (AvgIpc) is 2.51. The van der Waals surface area contributed by atoms with Crippen LogP contribution >= 0.6 is 30.5 Å². The molecule has 0 heterocycles. The molecule has 0 radical (unpaired) electrons. The van der Waals surface area contributed by atoms with Crippen LogP contribution in [0.5, 0.6) is 0 Å². The first-order valence-electron chi connectivity index (χ1n) is 8.79. The van der Waals surface area contributed by atoms with E-state index in [1.54, 1.807) is 0 Å². The van der Waals surface area contributed by atoms with Gasteiger partial charge in [-0.15, -0.1) is 23.2 Å². The molecule has 0 aliphatic carbocycles. The summed E-state index contributed by atoms with van der Waals surface area (Å²) in [7, 11) is -0.925. The molecule has 1 aromatic rings. The van der Waals surface area contributed by atoms with Gasteiger partial charge in [0.1, 0.15) is 4.84 Å². The second-order valence-electron chi connectivity index (χ2n) is 6.40.